The predicted molar refractivity (Wildman–Crippen MR) is 42.9 cm³/mol. The quantitative estimate of drug-likeness (QED) is 0.627. The molecule has 62 valence electrons. The second kappa shape index (κ2) is 5.66. The van der Waals surface area contributed by atoms with E-state index in [-0.39, 0.29) is 0 Å². The van der Waals surface area contributed by atoms with Crippen LogP contribution in [-0.4, -0.2) is 19.8 Å². The molecule has 0 amide bonds. The van der Waals surface area contributed by atoms with Gasteiger partial charge < -0.3 is 5.32 Å². The van der Waals surface area contributed by atoms with Crippen LogP contribution < -0.4 is 5.32 Å². The van der Waals surface area contributed by atoms with E-state index in [0.29, 0.717) is 18.8 Å². The Morgan fingerprint density at radius 3 is 2.40 bits per heavy atom. The molecule has 10 heavy (non-hydrogen) atoms. The summed E-state index contributed by atoms with van der Waals surface area (Å²) in [5.74, 6) is 0.479. The van der Waals surface area contributed by atoms with Gasteiger partial charge in [-0.3, -0.25) is 0 Å². The van der Waals surface area contributed by atoms with Crippen molar-refractivity contribution in [3.8, 4) is 0 Å². The summed E-state index contributed by atoms with van der Waals surface area (Å²) in [6, 6.07) is 0. The van der Waals surface area contributed by atoms with Gasteiger partial charge in [0.25, 0.3) is 0 Å². The second-order valence-corrected chi connectivity index (χ2v) is 3.12. The van der Waals surface area contributed by atoms with E-state index in [1.54, 1.807) is 0 Å². The summed E-state index contributed by atoms with van der Waals surface area (Å²) >= 11 is 0. The number of rotatable bonds is 5. The number of alkyl halides is 1. The smallest absolute Gasteiger partial charge is 0.102 e. The zero-order chi connectivity index (χ0) is 7.98. The molecule has 0 aliphatic rings. The van der Waals surface area contributed by atoms with Gasteiger partial charge in [-0.1, -0.05) is 13.8 Å². The van der Waals surface area contributed by atoms with Gasteiger partial charge in [0, 0.05) is 0 Å². The third-order valence-corrected chi connectivity index (χ3v) is 1.43. The molecule has 1 nitrogen and oxygen atoms in total. The molecule has 1 unspecified atom stereocenters. The first kappa shape index (κ1) is 9.89. The molecule has 0 saturated carbocycles. The van der Waals surface area contributed by atoms with Crippen LogP contribution in [0.1, 0.15) is 26.7 Å². The zero-order valence-corrected chi connectivity index (χ0v) is 7.15. The van der Waals surface area contributed by atoms with Gasteiger partial charge >= 0.3 is 0 Å². The maximum atomic E-state index is 12.8. The van der Waals surface area contributed by atoms with E-state index in [9.17, 15) is 4.39 Å². The van der Waals surface area contributed by atoms with Crippen LogP contribution in [-0.2, 0) is 0 Å². The second-order valence-electron chi connectivity index (χ2n) is 3.12. The van der Waals surface area contributed by atoms with Crippen LogP contribution in [0, 0.1) is 5.92 Å². The molecule has 0 spiro atoms. The average molecular weight is 147 g/mol. The molecule has 2 heteroatoms. The summed E-state index contributed by atoms with van der Waals surface area (Å²) in [4.78, 5) is 0. The molecular weight excluding hydrogens is 129 g/mol. The van der Waals surface area contributed by atoms with E-state index in [4.69, 9.17) is 0 Å². The molecule has 1 atom stereocenters. The summed E-state index contributed by atoms with van der Waals surface area (Å²) in [6.45, 7) is 4.88. The van der Waals surface area contributed by atoms with Crippen LogP contribution in [0.5, 0.6) is 0 Å². The van der Waals surface area contributed by atoms with Gasteiger partial charge in [-0.05, 0) is 32.4 Å². The third-order valence-electron chi connectivity index (χ3n) is 1.43. The first-order chi connectivity index (χ1) is 4.66. The van der Waals surface area contributed by atoms with Gasteiger partial charge in [0.2, 0.25) is 0 Å². The number of hydrogen-bond acceptors (Lipinski definition) is 1. The number of halogens is 1. The van der Waals surface area contributed by atoms with E-state index in [0.717, 1.165) is 6.54 Å². The van der Waals surface area contributed by atoms with Crippen molar-refractivity contribution < 1.29 is 4.39 Å². The van der Waals surface area contributed by atoms with Gasteiger partial charge in [-0.15, -0.1) is 0 Å². The Hall–Kier alpha value is -0.110. The van der Waals surface area contributed by atoms with Crippen molar-refractivity contribution in [3.05, 3.63) is 0 Å². The van der Waals surface area contributed by atoms with Crippen molar-refractivity contribution in [2.24, 2.45) is 5.92 Å². The summed E-state index contributed by atoms with van der Waals surface area (Å²) in [5.41, 5.74) is 0. The van der Waals surface area contributed by atoms with Crippen molar-refractivity contribution in [1.82, 2.24) is 5.32 Å². The predicted octanol–water partition coefficient (Wildman–Crippen LogP) is 1.98. The number of nitrogens with one attached hydrogen (secondary N) is 1. The van der Waals surface area contributed by atoms with Crippen molar-refractivity contribution in [3.63, 3.8) is 0 Å². The largest absolute Gasteiger partial charge is 0.320 e. The first-order valence-corrected chi connectivity index (χ1v) is 3.95. The molecule has 0 fully saturated rings. The van der Waals surface area contributed by atoms with Gasteiger partial charge in [0.05, 0.1) is 0 Å². The van der Waals surface area contributed by atoms with Gasteiger partial charge in [-0.2, -0.15) is 0 Å². The molecule has 0 aromatic carbocycles. The Bertz CT molecular complexity index is 73.7. The lowest BCUT2D eigenvalue weighted by Crippen LogP contribution is -2.15. The van der Waals surface area contributed by atoms with Crippen LogP contribution in [0.15, 0.2) is 0 Å². The van der Waals surface area contributed by atoms with Crippen LogP contribution in [0.3, 0.4) is 0 Å². The van der Waals surface area contributed by atoms with E-state index in [1.165, 1.54) is 0 Å². The SMILES string of the molecule is CNCCC(F)CC(C)C. The van der Waals surface area contributed by atoms with Crippen LogP contribution in [0.25, 0.3) is 0 Å². The lowest BCUT2D eigenvalue weighted by molar-refractivity contribution is 0.266. The Labute approximate surface area is 63.0 Å². The first-order valence-electron chi connectivity index (χ1n) is 3.95. The minimum Gasteiger partial charge on any atom is -0.320 e. The third kappa shape index (κ3) is 6.02. The Morgan fingerprint density at radius 1 is 1.40 bits per heavy atom. The minimum atomic E-state index is -0.618. The molecule has 0 aromatic heterocycles. The lowest BCUT2D eigenvalue weighted by Gasteiger charge is -2.09. The molecule has 0 aromatic rings. The van der Waals surface area contributed by atoms with Gasteiger partial charge in [0.1, 0.15) is 6.17 Å². The fourth-order valence-electron chi connectivity index (χ4n) is 0.930. The van der Waals surface area contributed by atoms with Gasteiger partial charge in [-0.25, -0.2) is 4.39 Å². The summed E-state index contributed by atoms with van der Waals surface area (Å²) in [5, 5.41) is 2.93. The molecule has 0 aliphatic heterocycles. The molecule has 0 saturated heterocycles. The fraction of sp³-hybridized carbons (Fsp3) is 1.00. The lowest BCUT2D eigenvalue weighted by atomic mass is 10.1. The molecule has 0 bridgehead atoms. The van der Waals surface area contributed by atoms with E-state index in [2.05, 4.69) is 5.32 Å². The van der Waals surface area contributed by atoms with Crippen molar-refractivity contribution in [1.29, 1.82) is 0 Å². The minimum absolute atomic E-state index is 0.479. The highest BCUT2D eigenvalue weighted by molar-refractivity contribution is 4.59. The summed E-state index contributed by atoms with van der Waals surface area (Å²) in [6.07, 6.45) is 0.726. The molecule has 0 rings (SSSR count). The van der Waals surface area contributed by atoms with Gasteiger partial charge in [0.15, 0.2) is 0 Å². The highest BCUT2D eigenvalue weighted by atomic mass is 19.1. The van der Waals surface area contributed by atoms with Crippen molar-refractivity contribution >= 4 is 0 Å². The molecular formula is C8H18FN. The van der Waals surface area contributed by atoms with Crippen LogP contribution in [0.2, 0.25) is 0 Å². The van der Waals surface area contributed by atoms with Crippen molar-refractivity contribution in [2.45, 2.75) is 32.9 Å². The molecule has 0 heterocycles. The molecule has 1 N–H and O–H groups in total. The Balaban J connectivity index is 3.16. The molecule has 0 radical (unpaired) electrons. The normalized spacial score (nSPS) is 14.1. The number of hydrogen-bond donors (Lipinski definition) is 1. The van der Waals surface area contributed by atoms with Crippen molar-refractivity contribution in [2.75, 3.05) is 13.6 Å². The Morgan fingerprint density at radius 2 is 2.00 bits per heavy atom. The van der Waals surface area contributed by atoms with Crippen LogP contribution >= 0.6 is 0 Å². The molecule has 0 aliphatic carbocycles. The van der Waals surface area contributed by atoms with E-state index < -0.39 is 6.17 Å². The maximum Gasteiger partial charge on any atom is 0.102 e. The zero-order valence-electron chi connectivity index (χ0n) is 7.15. The van der Waals surface area contributed by atoms with E-state index >= 15 is 0 Å². The van der Waals surface area contributed by atoms with E-state index in [1.807, 2.05) is 20.9 Å². The average Bonchev–Trinajstić information content (AvgIpc) is 1.82. The highest BCUT2D eigenvalue weighted by Crippen LogP contribution is 2.10. The Kier molecular flexibility index (Phi) is 5.60. The maximum absolute atomic E-state index is 12.8. The summed E-state index contributed by atoms with van der Waals surface area (Å²) < 4.78 is 12.8. The monoisotopic (exact) mass is 147 g/mol. The fourth-order valence-corrected chi connectivity index (χ4v) is 0.930. The topological polar surface area (TPSA) is 12.0 Å². The highest BCUT2D eigenvalue weighted by Gasteiger charge is 2.07. The summed E-state index contributed by atoms with van der Waals surface area (Å²) in [7, 11) is 1.85. The van der Waals surface area contributed by atoms with Crippen LogP contribution in [0.4, 0.5) is 4.39 Å². The standard InChI is InChI=1S/C8H18FN/c1-7(2)6-8(9)4-5-10-3/h7-8,10H,4-6H2,1-3H3.